The topological polar surface area (TPSA) is 29.5 Å². The van der Waals surface area contributed by atoms with Crippen LogP contribution in [0.25, 0.3) is 0 Å². The van der Waals surface area contributed by atoms with E-state index < -0.39 is 5.82 Å². The first-order valence-electron chi connectivity index (χ1n) is 5.95. The SMILES string of the molecule is OCC#Cc1ccc(COc2cccc(Cl)c2)c(F)c1. The molecule has 2 rings (SSSR count). The Hall–Kier alpha value is -2.02. The third kappa shape index (κ3) is 3.99. The average Bonchev–Trinajstić information content (AvgIpc) is 2.44. The second-order valence-corrected chi connectivity index (χ2v) is 4.45. The molecule has 0 spiro atoms. The number of aliphatic hydroxyl groups excluding tert-OH is 1. The van der Waals surface area contributed by atoms with Crippen molar-refractivity contribution in [2.24, 2.45) is 0 Å². The maximum absolute atomic E-state index is 13.8. The highest BCUT2D eigenvalue weighted by Crippen LogP contribution is 2.19. The molecule has 0 heterocycles. The molecule has 2 aromatic rings. The van der Waals surface area contributed by atoms with Crippen molar-refractivity contribution in [3.63, 3.8) is 0 Å². The van der Waals surface area contributed by atoms with E-state index in [0.29, 0.717) is 21.9 Å². The summed E-state index contributed by atoms with van der Waals surface area (Å²) in [4.78, 5) is 0. The lowest BCUT2D eigenvalue weighted by Crippen LogP contribution is -1.99. The summed E-state index contributed by atoms with van der Waals surface area (Å²) in [5.41, 5.74) is 0.947. The van der Waals surface area contributed by atoms with Crippen LogP contribution in [0.15, 0.2) is 42.5 Å². The molecule has 2 aromatic carbocycles. The normalized spacial score (nSPS) is 9.75. The summed E-state index contributed by atoms with van der Waals surface area (Å²) in [7, 11) is 0. The molecule has 0 amide bonds. The van der Waals surface area contributed by atoms with E-state index in [2.05, 4.69) is 11.8 Å². The highest BCUT2D eigenvalue weighted by molar-refractivity contribution is 6.30. The number of hydrogen-bond donors (Lipinski definition) is 1. The lowest BCUT2D eigenvalue weighted by Gasteiger charge is -2.07. The molecule has 0 radical (unpaired) electrons. The molecule has 0 aliphatic heterocycles. The van der Waals surface area contributed by atoms with Crippen LogP contribution in [0.3, 0.4) is 0 Å². The van der Waals surface area contributed by atoms with Crippen LogP contribution >= 0.6 is 11.6 Å². The first-order chi connectivity index (χ1) is 9.69. The van der Waals surface area contributed by atoms with E-state index in [0.717, 1.165) is 0 Å². The maximum atomic E-state index is 13.8. The third-order valence-electron chi connectivity index (χ3n) is 2.56. The quantitative estimate of drug-likeness (QED) is 0.878. The summed E-state index contributed by atoms with van der Waals surface area (Å²) < 4.78 is 19.3. The second kappa shape index (κ2) is 6.95. The monoisotopic (exact) mass is 290 g/mol. The Balaban J connectivity index is 2.06. The van der Waals surface area contributed by atoms with Crippen molar-refractivity contribution in [1.29, 1.82) is 0 Å². The van der Waals surface area contributed by atoms with Gasteiger partial charge in [-0.1, -0.05) is 35.6 Å². The van der Waals surface area contributed by atoms with E-state index in [1.807, 2.05) is 0 Å². The second-order valence-electron chi connectivity index (χ2n) is 4.01. The molecule has 102 valence electrons. The average molecular weight is 291 g/mol. The smallest absolute Gasteiger partial charge is 0.131 e. The fourth-order valence-corrected chi connectivity index (χ4v) is 1.78. The minimum Gasteiger partial charge on any atom is -0.489 e. The maximum Gasteiger partial charge on any atom is 0.131 e. The van der Waals surface area contributed by atoms with Gasteiger partial charge in [-0.2, -0.15) is 0 Å². The van der Waals surface area contributed by atoms with E-state index in [4.69, 9.17) is 21.4 Å². The van der Waals surface area contributed by atoms with Crippen LogP contribution in [-0.4, -0.2) is 11.7 Å². The van der Waals surface area contributed by atoms with Crippen LogP contribution in [0.2, 0.25) is 5.02 Å². The van der Waals surface area contributed by atoms with Crippen molar-refractivity contribution in [3.05, 3.63) is 64.4 Å². The van der Waals surface area contributed by atoms with Gasteiger partial charge < -0.3 is 9.84 Å². The highest BCUT2D eigenvalue weighted by Gasteiger charge is 2.04. The van der Waals surface area contributed by atoms with Gasteiger partial charge in [-0.05, 0) is 30.3 Å². The molecule has 4 heteroatoms. The van der Waals surface area contributed by atoms with Crippen molar-refractivity contribution in [1.82, 2.24) is 0 Å². The van der Waals surface area contributed by atoms with Crippen LogP contribution in [-0.2, 0) is 6.61 Å². The van der Waals surface area contributed by atoms with Gasteiger partial charge in [0.05, 0.1) is 0 Å². The van der Waals surface area contributed by atoms with Crippen molar-refractivity contribution in [2.75, 3.05) is 6.61 Å². The predicted octanol–water partition coefficient (Wildman–Crippen LogP) is 3.40. The van der Waals surface area contributed by atoms with Gasteiger partial charge in [0.1, 0.15) is 24.8 Å². The van der Waals surface area contributed by atoms with E-state index in [1.54, 1.807) is 36.4 Å². The molecular weight excluding hydrogens is 279 g/mol. The largest absolute Gasteiger partial charge is 0.489 e. The molecular formula is C16H12ClFO2. The summed E-state index contributed by atoms with van der Waals surface area (Å²) in [5, 5.41) is 9.15. The van der Waals surface area contributed by atoms with Gasteiger partial charge in [0.15, 0.2) is 0 Å². The van der Waals surface area contributed by atoms with Gasteiger partial charge in [0.2, 0.25) is 0 Å². The molecule has 2 nitrogen and oxygen atoms in total. The molecule has 0 aliphatic rings. The number of aliphatic hydroxyl groups is 1. The fraction of sp³-hybridized carbons (Fsp3) is 0.125. The molecule has 1 N–H and O–H groups in total. The Morgan fingerprint density at radius 3 is 2.75 bits per heavy atom. The third-order valence-corrected chi connectivity index (χ3v) is 2.79. The first kappa shape index (κ1) is 14.4. The minimum absolute atomic E-state index is 0.111. The van der Waals surface area contributed by atoms with Crippen LogP contribution in [0.5, 0.6) is 5.75 Å². The van der Waals surface area contributed by atoms with E-state index >= 15 is 0 Å². The molecule has 20 heavy (non-hydrogen) atoms. The minimum atomic E-state index is -0.392. The zero-order valence-corrected chi connectivity index (χ0v) is 11.3. The first-order valence-corrected chi connectivity index (χ1v) is 6.33. The van der Waals surface area contributed by atoms with Gasteiger partial charge in [0.25, 0.3) is 0 Å². The fourth-order valence-electron chi connectivity index (χ4n) is 1.60. The van der Waals surface area contributed by atoms with Crippen molar-refractivity contribution in [2.45, 2.75) is 6.61 Å². The Morgan fingerprint density at radius 2 is 2.05 bits per heavy atom. The van der Waals surface area contributed by atoms with Crippen molar-refractivity contribution < 1.29 is 14.2 Å². The van der Waals surface area contributed by atoms with Gasteiger partial charge in [-0.15, -0.1) is 0 Å². The van der Waals surface area contributed by atoms with Gasteiger partial charge in [-0.3, -0.25) is 0 Å². The molecule has 0 saturated heterocycles. The van der Waals surface area contributed by atoms with E-state index in [1.165, 1.54) is 6.07 Å². The molecule has 0 bridgehead atoms. The van der Waals surface area contributed by atoms with Crippen LogP contribution in [0.1, 0.15) is 11.1 Å². The number of hydrogen-bond acceptors (Lipinski definition) is 2. The number of benzene rings is 2. The summed E-state index contributed by atoms with van der Waals surface area (Å²) in [6.45, 7) is -0.138. The zero-order chi connectivity index (χ0) is 14.4. The summed E-state index contributed by atoms with van der Waals surface area (Å²) in [6.07, 6.45) is 0. The van der Waals surface area contributed by atoms with Crippen molar-refractivity contribution in [3.8, 4) is 17.6 Å². The Kier molecular flexibility index (Phi) is 5.00. The van der Waals surface area contributed by atoms with Crippen molar-refractivity contribution >= 4 is 11.6 Å². The van der Waals surface area contributed by atoms with E-state index in [-0.39, 0.29) is 13.2 Å². The molecule has 0 aromatic heterocycles. The zero-order valence-electron chi connectivity index (χ0n) is 10.6. The standard InChI is InChI=1S/C16H12ClFO2/c17-14-4-1-5-15(10-14)20-11-13-7-6-12(3-2-8-19)9-16(13)18/h1,4-7,9-10,19H,8,11H2. The Bertz CT molecular complexity index is 659. The summed E-state index contributed by atoms with van der Waals surface area (Å²) in [5.74, 6) is 5.31. The van der Waals surface area contributed by atoms with Gasteiger partial charge >= 0.3 is 0 Å². The Labute approximate surface area is 121 Å². The van der Waals surface area contributed by atoms with E-state index in [9.17, 15) is 4.39 Å². The predicted molar refractivity (Wildman–Crippen MR) is 76.1 cm³/mol. The number of ether oxygens (including phenoxy) is 1. The molecule has 0 atom stereocenters. The lowest BCUT2D eigenvalue weighted by atomic mass is 10.1. The molecule has 0 fully saturated rings. The van der Waals surface area contributed by atoms with Gasteiger partial charge in [-0.25, -0.2) is 4.39 Å². The van der Waals surface area contributed by atoms with Crippen LogP contribution < -0.4 is 4.74 Å². The molecule has 0 saturated carbocycles. The highest BCUT2D eigenvalue weighted by atomic mass is 35.5. The number of halogens is 2. The van der Waals surface area contributed by atoms with Crippen LogP contribution in [0, 0.1) is 17.7 Å². The lowest BCUT2D eigenvalue weighted by molar-refractivity contribution is 0.300. The van der Waals surface area contributed by atoms with Gasteiger partial charge in [0, 0.05) is 16.1 Å². The summed E-state index contributed by atoms with van der Waals surface area (Å²) >= 11 is 5.84. The van der Waals surface area contributed by atoms with Crippen LogP contribution in [0.4, 0.5) is 4.39 Å². The summed E-state index contributed by atoms with van der Waals surface area (Å²) in [6, 6.07) is 11.5. The Morgan fingerprint density at radius 1 is 1.20 bits per heavy atom. The number of rotatable bonds is 3. The molecule has 0 unspecified atom stereocenters. The molecule has 0 aliphatic carbocycles.